The number of carbonyl (C=O) groups excluding carboxylic acids is 2. The predicted octanol–water partition coefficient (Wildman–Crippen LogP) is 3.69. The number of ether oxygens (including phenoxy) is 1. The Labute approximate surface area is 186 Å². The zero-order chi connectivity index (χ0) is 22.2. The minimum atomic E-state index is -0.402. The number of nitrogens with zero attached hydrogens (tertiary/aromatic N) is 1. The molecule has 7 heteroatoms. The van der Waals surface area contributed by atoms with E-state index in [9.17, 15) is 9.59 Å². The van der Waals surface area contributed by atoms with Gasteiger partial charge in [-0.1, -0.05) is 29.8 Å². The van der Waals surface area contributed by atoms with Crippen LogP contribution >= 0.6 is 0 Å². The van der Waals surface area contributed by atoms with E-state index in [1.807, 2.05) is 36.1 Å². The molecule has 0 radical (unpaired) electrons. The van der Waals surface area contributed by atoms with Gasteiger partial charge in [0.15, 0.2) is 0 Å². The third kappa shape index (κ3) is 3.39. The first kappa shape index (κ1) is 20.5. The molecule has 1 aromatic heterocycles. The number of nitrogens with one attached hydrogen (secondary N) is 2. The van der Waals surface area contributed by atoms with Crippen molar-refractivity contribution in [3.8, 4) is 0 Å². The number of hydrogen-bond donors (Lipinski definition) is 2. The largest absolute Gasteiger partial charge is 0.468 e. The highest BCUT2D eigenvalue weighted by Crippen LogP contribution is 2.48. The van der Waals surface area contributed by atoms with Crippen LogP contribution in [0.5, 0.6) is 0 Å². The molecule has 2 N–H and O–H groups in total. The van der Waals surface area contributed by atoms with Gasteiger partial charge in [0.1, 0.15) is 11.8 Å². The molecule has 2 saturated heterocycles. The van der Waals surface area contributed by atoms with E-state index in [2.05, 4.69) is 35.1 Å². The first-order valence-electron chi connectivity index (χ1n) is 10.8. The minimum absolute atomic E-state index is 0.0222. The van der Waals surface area contributed by atoms with Crippen LogP contribution in [0.25, 0.3) is 0 Å². The second-order valence-electron chi connectivity index (χ2n) is 8.17. The number of hydrazine groups is 1. The van der Waals surface area contributed by atoms with Gasteiger partial charge >= 0.3 is 5.97 Å². The van der Waals surface area contributed by atoms with E-state index in [0.717, 1.165) is 22.6 Å². The first-order chi connectivity index (χ1) is 15.6. The normalized spacial score (nSPS) is 24.6. The Kier molecular flexibility index (Phi) is 5.28. The topological polar surface area (TPSA) is 83.8 Å². The lowest BCUT2D eigenvalue weighted by Gasteiger charge is -2.30. The van der Waals surface area contributed by atoms with E-state index in [4.69, 9.17) is 9.15 Å². The fourth-order valence-corrected chi connectivity index (χ4v) is 4.74. The van der Waals surface area contributed by atoms with Crippen molar-refractivity contribution in [1.29, 1.82) is 0 Å². The summed E-state index contributed by atoms with van der Waals surface area (Å²) in [6.07, 6.45) is 1.65. The zero-order valence-corrected chi connectivity index (χ0v) is 17.9. The number of amides is 1. The Bertz CT molecular complexity index is 1110. The molecule has 2 fully saturated rings. The fourth-order valence-electron chi connectivity index (χ4n) is 4.74. The summed E-state index contributed by atoms with van der Waals surface area (Å²) in [5.74, 6) is 0.309. The van der Waals surface area contributed by atoms with Gasteiger partial charge in [-0.05, 0) is 55.8 Å². The second-order valence-corrected chi connectivity index (χ2v) is 8.17. The van der Waals surface area contributed by atoms with Crippen LogP contribution in [0.1, 0.15) is 46.3 Å². The molecule has 1 amide bonds. The Morgan fingerprint density at radius 1 is 1.03 bits per heavy atom. The summed E-state index contributed by atoms with van der Waals surface area (Å²) in [7, 11) is 0. The number of rotatable bonds is 5. The summed E-state index contributed by atoms with van der Waals surface area (Å²) >= 11 is 0. The highest BCUT2D eigenvalue weighted by molar-refractivity contribution is 6.02. The summed E-state index contributed by atoms with van der Waals surface area (Å²) in [5, 5.41) is 0. The van der Waals surface area contributed by atoms with Gasteiger partial charge in [-0.15, -0.1) is 0 Å². The summed E-state index contributed by atoms with van der Waals surface area (Å²) in [5.41, 5.74) is 9.86. The van der Waals surface area contributed by atoms with Crippen molar-refractivity contribution in [1.82, 2.24) is 10.9 Å². The smallest absolute Gasteiger partial charge is 0.338 e. The number of fused-ring (bicyclic) bond motifs is 1. The monoisotopic (exact) mass is 431 g/mol. The van der Waals surface area contributed by atoms with E-state index >= 15 is 0 Å². The van der Waals surface area contributed by atoms with Crippen molar-refractivity contribution in [2.24, 2.45) is 5.92 Å². The number of anilines is 1. The quantitative estimate of drug-likeness (QED) is 0.600. The van der Waals surface area contributed by atoms with Crippen LogP contribution < -0.4 is 15.8 Å². The average molecular weight is 431 g/mol. The standard InChI is InChI=1S/C25H25N3O4/c1-3-31-25(30)17-10-12-18(13-11-17)28-23(16-8-6-15(2)7-9-16)20-21(19-5-4-14-32-19)26-27-22(20)24(28)29/h4-14,20-23,26-27H,3H2,1-2H3. The molecule has 164 valence electrons. The van der Waals surface area contributed by atoms with Crippen molar-refractivity contribution in [2.45, 2.75) is 32.0 Å². The van der Waals surface area contributed by atoms with Crippen molar-refractivity contribution in [3.05, 3.63) is 89.4 Å². The van der Waals surface area contributed by atoms with E-state index in [1.54, 1.807) is 25.3 Å². The lowest BCUT2D eigenvalue weighted by molar-refractivity contribution is -0.119. The molecule has 32 heavy (non-hydrogen) atoms. The molecule has 3 aromatic rings. The van der Waals surface area contributed by atoms with E-state index in [-0.39, 0.29) is 29.9 Å². The lowest BCUT2D eigenvalue weighted by atomic mass is 9.85. The molecular formula is C25H25N3O4. The maximum absolute atomic E-state index is 13.6. The van der Waals surface area contributed by atoms with Gasteiger partial charge in [0.2, 0.25) is 5.91 Å². The van der Waals surface area contributed by atoms with Crippen molar-refractivity contribution in [3.63, 3.8) is 0 Å². The first-order valence-corrected chi connectivity index (χ1v) is 10.8. The van der Waals surface area contributed by atoms with E-state index in [1.165, 1.54) is 0 Å². The van der Waals surface area contributed by atoms with Gasteiger partial charge in [-0.3, -0.25) is 4.79 Å². The third-order valence-electron chi connectivity index (χ3n) is 6.24. The summed E-state index contributed by atoms with van der Waals surface area (Å²) in [4.78, 5) is 27.5. The SMILES string of the molecule is CCOC(=O)c1ccc(N2C(=O)C3NNC(c4ccco4)C3C2c2ccc(C)cc2)cc1. The summed E-state index contributed by atoms with van der Waals surface area (Å²) in [6, 6.07) is 18.3. The number of furan rings is 1. The van der Waals surface area contributed by atoms with Gasteiger partial charge in [-0.2, -0.15) is 0 Å². The van der Waals surface area contributed by atoms with Crippen molar-refractivity contribution >= 4 is 17.6 Å². The van der Waals surface area contributed by atoms with Gasteiger partial charge in [-0.25, -0.2) is 15.6 Å². The molecule has 4 atom stereocenters. The molecular weight excluding hydrogens is 406 g/mol. The van der Waals surface area contributed by atoms with Crippen LogP contribution in [0.4, 0.5) is 5.69 Å². The molecule has 5 rings (SSSR count). The third-order valence-corrected chi connectivity index (χ3v) is 6.24. The molecule has 0 bridgehead atoms. The molecule has 0 saturated carbocycles. The number of hydrogen-bond acceptors (Lipinski definition) is 6. The highest BCUT2D eigenvalue weighted by atomic mass is 16.5. The van der Waals surface area contributed by atoms with Crippen molar-refractivity contribution < 1.29 is 18.7 Å². The molecule has 2 aliphatic rings. The molecule has 7 nitrogen and oxygen atoms in total. The van der Waals surface area contributed by atoms with Crippen LogP contribution in [0.2, 0.25) is 0 Å². The summed E-state index contributed by atoms with van der Waals surface area (Å²) < 4.78 is 10.8. The van der Waals surface area contributed by atoms with E-state index < -0.39 is 6.04 Å². The Balaban J connectivity index is 1.56. The molecule has 3 heterocycles. The molecule has 0 aliphatic carbocycles. The fraction of sp³-hybridized carbons (Fsp3) is 0.280. The van der Waals surface area contributed by atoms with Crippen LogP contribution in [0, 0.1) is 12.8 Å². The van der Waals surface area contributed by atoms with E-state index in [0.29, 0.717) is 12.2 Å². The maximum atomic E-state index is 13.6. The second kappa shape index (κ2) is 8.26. The zero-order valence-electron chi connectivity index (χ0n) is 17.9. The molecule has 2 aromatic carbocycles. The van der Waals surface area contributed by atoms with Crippen LogP contribution in [-0.4, -0.2) is 24.5 Å². The van der Waals surface area contributed by atoms with Gasteiger partial charge < -0.3 is 14.1 Å². The van der Waals surface area contributed by atoms with Crippen LogP contribution in [0.15, 0.2) is 71.3 Å². The molecule has 2 aliphatic heterocycles. The average Bonchev–Trinajstić information content (AvgIpc) is 3.53. The van der Waals surface area contributed by atoms with Gasteiger partial charge in [0, 0.05) is 11.6 Å². The number of aryl methyl sites for hydroxylation is 1. The number of carbonyl (C=O) groups is 2. The van der Waals surface area contributed by atoms with Crippen LogP contribution in [0.3, 0.4) is 0 Å². The van der Waals surface area contributed by atoms with Gasteiger partial charge in [0.25, 0.3) is 0 Å². The highest BCUT2D eigenvalue weighted by Gasteiger charge is 2.56. The lowest BCUT2D eigenvalue weighted by Crippen LogP contribution is -2.41. The predicted molar refractivity (Wildman–Crippen MR) is 119 cm³/mol. The summed E-state index contributed by atoms with van der Waals surface area (Å²) in [6.45, 7) is 4.13. The molecule has 0 spiro atoms. The Morgan fingerprint density at radius 3 is 2.41 bits per heavy atom. The molecule has 4 unspecified atom stereocenters. The Hall–Kier alpha value is -3.42. The van der Waals surface area contributed by atoms with Crippen molar-refractivity contribution in [2.75, 3.05) is 11.5 Å². The number of benzene rings is 2. The maximum Gasteiger partial charge on any atom is 0.338 e. The van der Waals surface area contributed by atoms with Gasteiger partial charge in [0.05, 0.1) is 30.5 Å². The Morgan fingerprint density at radius 2 is 1.75 bits per heavy atom. The number of esters is 1. The minimum Gasteiger partial charge on any atom is -0.468 e. The van der Waals surface area contributed by atoms with Crippen LogP contribution in [-0.2, 0) is 9.53 Å².